The maximum Gasteiger partial charge on any atom is 0.147 e. The number of rotatable bonds is 5. The lowest BCUT2D eigenvalue weighted by Gasteiger charge is -2.41. The Hall–Kier alpha value is -0.800. The molecular formula is C19H34N2O. The van der Waals surface area contributed by atoms with Crippen LogP contribution < -0.4 is 10.6 Å². The Kier molecular flexibility index (Phi) is 5.39. The minimum absolute atomic E-state index is 0.0407. The highest BCUT2D eigenvalue weighted by Crippen LogP contribution is 2.28. The molecule has 1 fully saturated rings. The zero-order chi connectivity index (χ0) is 16.4. The minimum atomic E-state index is 0.0407. The molecule has 3 heteroatoms. The van der Waals surface area contributed by atoms with Crippen LogP contribution in [0.25, 0.3) is 0 Å². The Labute approximate surface area is 136 Å². The molecular weight excluding hydrogens is 272 g/mol. The third kappa shape index (κ3) is 6.13. The number of allylic oxidation sites excluding steroid dienone is 2. The van der Waals surface area contributed by atoms with Crippen LogP contribution in [0.4, 0.5) is 0 Å². The third-order valence-corrected chi connectivity index (χ3v) is 4.15. The summed E-state index contributed by atoms with van der Waals surface area (Å²) in [7, 11) is 0. The molecule has 0 radical (unpaired) electrons. The average Bonchev–Trinajstić information content (AvgIpc) is 2.33. The Morgan fingerprint density at radius 3 is 2.36 bits per heavy atom. The van der Waals surface area contributed by atoms with Gasteiger partial charge in [0.2, 0.25) is 0 Å². The third-order valence-electron chi connectivity index (χ3n) is 4.15. The normalized spacial score (nSPS) is 28.8. The number of hydrogen-bond donors (Lipinski definition) is 2. The number of hydrogen-bond acceptors (Lipinski definition) is 3. The molecule has 0 aromatic heterocycles. The van der Waals surface area contributed by atoms with E-state index in [-0.39, 0.29) is 11.8 Å². The summed E-state index contributed by atoms with van der Waals surface area (Å²) in [6.07, 6.45) is 11.5. The summed E-state index contributed by atoms with van der Waals surface area (Å²) in [5, 5.41) is 7.01. The molecule has 0 spiro atoms. The summed E-state index contributed by atoms with van der Waals surface area (Å²) in [6.45, 7) is 13.5. The lowest BCUT2D eigenvalue weighted by atomic mass is 9.87. The number of nitrogens with one attached hydrogen (secondary N) is 2. The summed E-state index contributed by atoms with van der Waals surface area (Å²) in [6, 6.07) is 0.607. The van der Waals surface area contributed by atoms with Crippen molar-refractivity contribution in [2.45, 2.75) is 91.1 Å². The lowest BCUT2D eigenvalue weighted by molar-refractivity contribution is -0.0570. The predicted octanol–water partition coefficient (Wildman–Crippen LogP) is 4.12. The topological polar surface area (TPSA) is 33.3 Å². The van der Waals surface area contributed by atoms with E-state index in [0.29, 0.717) is 17.6 Å². The first-order chi connectivity index (χ1) is 10.1. The largest absolute Gasteiger partial charge is 0.363 e. The summed E-state index contributed by atoms with van der Waals surface area (Å²) in [5.41, 5.74) is 1.96. The molecule has 1 aliphatic carbocycles. The molecule has 1 heterocycles. The quantitative estimate of drug-likeness (QED) is 0.801. The SMILES string of the molecule is CC(C)(C)CCC1=CNC(O[C@H]2C[C@@H](NC(C)(C)C)C2)C=C1. The first kappa shape index (κ1) is 17.6. The van der Waals surface area contributed by atoms with Crippen LogP contribution >= 0.6 is 0 Å². The van der Waals surface area contributed by atoms with Crippen molar-refractivity contribution in [2.75, 3.05) is 0 Å². The van der Waals surface area contributed by atoms with Crippen molar-refractivity contribution in [3.63, 3.8) is 0 Å². The fraction of sp³-hybridized carbons (Fsp3) is 0.789. The van der Waals surface area contributed by atoms with Crippen molar-refractivity contribution >= 4 is 0 Å². The highest BCUT2D eigenvalue weighted by Gasteiger charge is 2.33. The van der Waals surface area contributed by atoms with Gasteiger partial charge in [-0.05, 0) is 63.5 Å². The second kappa shape index (κ2) is 6.76. The van der Waals surface area contributed by atoms with Gasteiger partial charge in [0.25, 0.3) is 0 Å². The standard InChI is InChI=1S/C19H34N2O/c1-18(2,3)10-9-14-7-8-17(20-13-14)22-16-11-15(12-16)21-19(4,5)6/h7-8,13,15-17,20-21H,9-12H2,1-6H3/t15-,16+,17?. The minimum Gasteiger partial charge on any atom is -0.363 e. The van der Waals surface area contributed by atoms with E-state index in [4.69, 9.17) is 4.74 Å². The van der Waals surface area contributed by atoms with Gasteiger partial charge in [-0.1, -0.05) is 26.8 Å². The van der Waals surface area contributed by atoms with Crippen LogP contribution in [-0.4, -0.2) is 23.9 Å². The molecule has 0 saturated heterocycles. The fourth-order valence-corrected chi connectivity index (χ4v) is 2.88. The molecule has 22 heavy (non-hydrogen) atoms. The maximum atomic E-state index is 6.08. The zero-order valence-electron chi connectivity index (χ0n) is 15.2. The van der Waals surface area contributed by atoms with Gasteiger partial charge in [-0.2, -0.15) is 0 Å². The smallest absolute Gasteiger partial charge is 0.147 e. The summed E-state index contributed by atoms with van der Waals surface area (Å²) in [4.78, 5) is 0. The molecule has 3 nitrogen and oxygen atoms in total. The van der Waals surface area contributed by atoms with Crippen LogP contribution in [0.3, 0.4) is 0 Å². The van der Waals surface area contributed by atoms with Gasteiger partial charge in [0.15, 0.2) is 0 Å². The second-order valence-corrected chi connectivity index (χ2v) is 9.05. The lowest BCUT2D eigenvalue weighted by Crippen LogP contribution is -2.53. The Balaban J connectivity index is 1.65. The summed E-state index contributed by atoms with van der Waals surface area (Å²) >= 11 is 0. The van der Waals surface area contributed by atoms with E-state index in [0.717, 1.165) is 19.3 Å². The van der Waals surface area contributed by atoms with Gasteiger partial charge >= 0.3 is 0 Å². The first-order valence-corrected chi connectivity index (χ1v) is 8.67. The van der Waals surface area contributed by atoms with Crippen molar-refractivity contribution < 1.29 is 4.74 Å². The number of ether oxygens (including phenoxy) is 1. The van der Waals surface area contributed by atoms with Gasteiger partial charge in [-0.15, -0.1) is 0 Å². The van der Waals surface area contributed by atoms with Crippen LogP contribution in [0, 0.1) is 5.41 Å². The van der Waals surface area contributed by atoms with Crippen LogP contribution in [0.1, 0.15) is 67.2 Å². The van der Waals surface area contributed by atoms with E-state index < -0.39 is 0 Å². The average molecular weight is 306 g/mol. The monoisotopic (exact) mass is 306 g/mol. The second-order valence-electron chi connectivity index (χ2n) is 9.05. The number of dihydropyridines is 1. The highest BCUT2D eigenvalue weighted by molar-refractivity contribution is 5.23. The van der Waals surface area contributed by atoms with Crippen molar-refractivity contribution in [2.24, 2.45) is 5.41 Å². The Morgan fingerprint density at radius 2 is 1.86 bits per heavy atom. The molecule has 1 aliphatic heterocycles. The molecule has 0 aromatic carbocycles. The van der Waals surface area contributed by atoms with Crippen LogP contribution in [0.2, 0.25) is 0 Å². The van der Waals surface area contributed by atoms with E-state index >= 15 is 0 Å². The van der Waals surface area contributed by atoms with E-state index in [2.05, 4.69) is 70.5 Å². The van der Waals surface area contributed by atoms with E-state index in [9.17, 15) is 0 Å². The molecule has 126 valence electrons. The summed E-state index contributed by atoms with van der Waals surface area (Å²) in [5.74, 6) is 0. The molecule has 1 saturated carbocycles. The fourth-order valence-electron chi connectivity index (χ4n) is 2.88. The van der Waals surface area contributed by atoms with Gasteiger partial charge < -0.3 is 15.4 Å². The highest BCUT2D eigenvalue weighted by atomic mass is 16.5. The summed E-state index contributed by atoms with van der Waals surface area (Å²) < 4.78 is 6.08. The maximum absolute atomic E-state index is 6.08. The Morgan fingerprint density at radius 1 is 1.18 bits per heavy atom. The van der Waals surface area contributed by atoms with E-state index in [1.165, 1.54) is 12.0 Å². The zero-order valence-corrected chi connectivity index (χ0v) is 15.2. The molecule has 0 aromatic rings. The van der Waals surface area contributed by atoms with Gasteiger partial charge in [0, 0.05) is 17.8 Å². The van der Waals surface area contributed by atoms with Crippen LogP contribution in [0.5, 0.6) is 0 Å². The van der Waals surface area contributed by atoms with Crippen molar-refractivity contribution in [1.82, 2.24) is 10.6 Å². The van der Waals surface area contributed by atoms with Crippen LogP contribution in [-0.2, 0) is 4.74 Å². The first-order valence-electron chi connectivity index (χ1n) is 8.67. The Bertz CT molecular complexity index is 420. The van der Waals surface area contributed by atoms with Crippen LogP contribution in [0.15, 0.2) is 23.9 Å². The molecule has 0 amide bonds. The van der Waals surface area contributed by atoms with Crippen molar-refractivity contribution in [1.29, 1.82) is 0 Å². The molecule has 2 aliphatic rings. The van der Waals surface area contributed by atoms with Crippen molar-refractivity contribution in [3.8, 4) is 0 Å². The van der Waals surface area contributed by atoms with Gasteiger partial charge in [-0.3, -0.25) is 0 Å². The molecule has 2 N–H and O–H groups in total. The van der Waals surface area contributed by atoms with E-state index in [1.807, 2.05) is 0 Å². The molecule has 1 atom stereocenters. The van der Waals surface area contributed by atoms with E-state index in [1.54, 1.807) is 0 Å². The molecule has 2 rings (SSSR count). The van der Waals surface area contributed by atoms with Gasteiger partial charge in [0.05, 0.1) is 6.10 Å². The predicted molar refractivity (Wildman–Crippen MR) is 93.6 cm³/mol. The van der Waals surface area contributed by atoms with Gasteiger partial charge in [0.1, 0.15) is 6.23 Å². The molecule has 1 unspecified atom stereocenters. The van der Waals surface area contributed by atoms with Gasteiger partial charge in [-0.25, -0.2) is 0 Å². The van der Waals surface area contributed by atoms with Crippen molar-refractivity contribution in [3.05, 3.63) is 23.9 Å². The molecule has 0 bridgehead atoms.